The van der Waals surface area contributed by atoms with Crippen LogP contribution in [0.2, 0.25) is 0 Å². The molecule has 1 unspecified atom stereocenters. The van der Waals surface area contributed by atoms with Gasteiger partial charge in [-0.05, 0) is 31.7 Å². The highest BCUT2D eigenvalue weighted by atomic mass is 32.2. The zero-order valence-corrected chi connectivity index (χ0v) is 13.4. The van der Waals surface area contributed by atoms with Crippen molar-refractivity contribution in [2.75, 3.05) is 7.11 Å². The van der Waals surface area contributed by atoms with Gasteiger partial charge in [0.15, 0.2) is 6.10 Å². The Labute approximate surface area is 132 Å². The van der Waals surface area contributed by atoms with Crippen molar-refractivity contribution < 1.29 is 35.3 Å². The second-order valence-corrected chi connectivity index (χ2v) is 6.45. The minimum atomic E-state index is -5.85. The predicted octanol–water partition coefficient (Wildman–Crippen LogP) is 2.73. The van der Waals surface area contributed by atoms with E-state index in [1.165, 1.54) is 0 Å². The van der Waals surface area contributed by atoms with E-state index < -0.39 is 27.7 Å². The highest BCUT2D eigenvalue weighted by molar-refractivity contribution is 7.87. The van der Waals surface area contributed by atoms with Crippen LogP contribution in [-0.2, 0) is 30.3 Å². The van der Waals surface area contributed by atoms with E-state index in [1.807, 2.05) is 31.2 Å². The lowest BCUT2D eigenvalue weighted by Gasteiger charge is -2.16. The van der Waals surface area contributed by atoms with Crippen molar-refractivity contribution >= 4 is 16.1 Å². The van der Waals surface area contributed by atoms with Crippen LogP contribution in [0.25, 0.3) is 0 Å². The lowest BCUT2D eigenvalue weighted by atomic mass is 10.0. The van der Waals surface area contributed by atoms with Crippen LogP contribution in [0.1, 0.15) is 24.0 Å². The molecule has 0 aliphatic heterocycles. The quantitative estimate of drug-likeness (QED) is 0.428. The maximum atomic E-state index is 12.3. The van der Waals surface area contributed by atoms with Gasteiger partial charge in [-0.2, -0.15) is 21.6 Å². The van der Waals surface area contributed by atoms with Crippen LogP contribution in [-0.4, -0.2) is 33.1 Å². The summed E-state index contributed by atoms with van der Waals surface area (Å²) in [6.45, 7) is 1.89. The van der Waals surface area contributed by atoms with Crippen molar-refractivity contribution in [2.24, 2.45) is 0 Å². The molecule has 5 nitrogen and oxygen atoms in total. The molecule has 0 aliphatic carbocycles. The molecule has 0 saturated heterocycles. The second kappa shape index (κ2) is 7.78. The molecule has 0 bridgehead atoms. The highest BCUT2D eigenvalue weighted by Gasteiger charge is 2.49. The van der Waals surface area contributed by atoms with Crippen molar-refractivity contribution in [3.8, 4) is 0 Å². The van der Waals surface area contributed by atoms with Gasteiger partial charge in [0.2, 0.25) is 0 Å². The van der Waals surface area contributed by atoms with Gasteiger partial charge in [0.1, 0.15) is 0 Å². The topological polar surface area (TPSA) is 69.7 Å². The van der Waals surface area contributed by atoms with Crippen molar-refractivity contribution in [3.63, 3.8) is 0 Å². The standard InChI is InChI=1S/C14H17F3O5S/c1-10-5-3-6-11(9-10)7-4-8-12(13(18)21-2)22-23(19,20)14(15,16)17/h3,5-6,9,12H,4,7-8H2,1-2H3. The van der Waals surface area contributed by atoms with Gasteiger partial charge in [0.05, 0.1) is 7.11 Å². The Morgan fingerprint density at radius 3 is 2.48 bits per heavy atom. The molecule has 0 spiro atoms. The first kappa shape index (κ1) is 19.4. The monoisotopic (exact) mass is 354 g/mol. The molecule has 1 aromatic carbocycles. The first-order chi connectivity index (χ1) is 10.6. The van der Waals surface area contributed by atoms with Crippen LogP contribution in [0.4, 0.5) is 13.2 Å². The second-order valence-electron chi connectivity index (χ2n) is 4.89. The molecule has 0 N–H and O–H groups in total. The summed E-state index contributed by atoms with van der Waals surface area (Å²) in [5.41, 5.74) is -3.65. The summed E-state index contributed by atoms with van der Waals surface area (Å²) in [6.07, 6.45) is -1.31. The third kappa shape index (κ3) is 5.83. The summed E-state index contributed by atoms with van der Waals surface area (Å²) in [6, 6.07) is 7.43. The average Bonchev–Trinajstić information content (AvgIpc) is 2.44. The average molecular weight is 354 g/mol. The number of methoxy groups -OCH3 is 1. The number of hydrogen-bond donors (Lipinski definition) is 0. The maximum Gasteiger partial charge on any atom is 0.523 e. The Morgan fingerprint density at radius 1 is 1.30 bits per heavy atom. The molecule has 0 heterocycles. The minimum absolute atomic E-state index is 0.212. The van der Waals surface area contributed by atoms with E-state index in [1.54, 1.807) is 0 Å². The van der Waals surface area contributed by atoms with Gasteiger partial charge in [0, 0.05) is 0 Å². The van der Waals surface area contributed by atoms with Gasteiger partial charge in [-0.15, -0.1) is 0 Å². The molecule has 0 saturated carbocycles. The Morgan fingerprint density at radius 2 is 1.96 bits per heavy atom. The fourth-order valence-electron chi connectivity index (χ4n) is 1.90. The molecule has 23 heavy (non-hydrogen) atoms. The fraction of sp³-hybridized carbons (Fsp3) is 0.500. The van der Waals surface area contributed by atoms with Crippen LogP contribution >= 0.6 is 0 Å². The molecule has 1 aromatic rings. The Balaban J connectivity index is 2.71. The van der Waals surface area contributed by atoms with Crippen LogP contribution in [0.3, 0.4) is 0 Å². The van der Waals surface area contributed by atoms with E-state index in [0.717, 1.165) is 18.2 Å². The van der Waals surface area contributed by atoms with Gasteiger partial charge in [-0.25, -0.2) is 8.98 Å². The Bertz CT molecular complexity index is 640. The van der Waals surface area contributed by atoms with Crippen LogP contribution < -0.4 is 0 Å². The Kier molecular flexibility index (Phi) is 6.57. The molecule has 0 radical (unpaired) electrons. The first-order valence-electron chi connectivity index (χ1n) is 6.70. The van der Waals surface area contributed by atoms with Gasteiger partial charge in [-0.3, -0.25) is 0 Å². The van der Waals surface area contributed by atoms with E-state index in [-0.39, 0.29) is 12.8 Å². The molecule has 1 atom stereocenters. The summed E-state index contributed by atoms with van der Waals surface area (Å²) in [5, 5.41) is 0. The molecule has 0 aromatic heterocycles. The normalized spacial score (nSPS) is 13.6. The van der Waals surface area contributed by atoms with Gasteiger partial charge in [-0.1, -0.05) is 29.8 Å². The van der Waals surface area contributed by atoms with Gasteiger partial charge >= 0.3 is 21.6 Å². The van der Waals surface area contributed by atoms with Crippen LogP contribution in [0, 0.1) is 6.92 Å². The van der Waals surface area contributed by atoms with Crippen molar-refractivity contribution in [1.82, 2.24) is 0 Å². The lowest BCUT2D eigenvalue weighted by Crippen LogP contribution is -2.34. The number of esters is 1. The van der Waals surface area contributed by atoms with Crippen LogP contribution in [0.15, 0.2) is 24.3 Å². The fourth-order valence-corrected chi connectivity index (χ4v) is 2.49. The molecule has 0 aliphatic rings. The third-order valence-electron chi connectivity index (χ3n) is 3.00. The van der Waals surface area contributed by atoms with Crippen molar-refractivity contribution in [3.05, 3.63) is 35.4 Å². The first-order valence-corrected chi connectivity index (χ1v) is 8.10. The number of carbonyl (C=O) groups excluding carboxylic acids is 1. The van der Waals surface area contributed by atoms with E-state index in [4.69, 9.17) is 0 Å². The van der Waals surface area contributed by atoms with E-state index in [0.29, 0.717) is 6.42 Å². The smallest absolute Gasteiger partial charge is 0.467 e. The number of benzene rings is 1. The lowest BCUT2D eigenvalue weighted by molar-refractivity contribution is -0.149. The third-order valence-corrected chi connectivity index (χ3v) is 4.06. The zero-order chi connectivity index (χ0) is 17.7. The van der Waals surface area contributed by atoms with E-state index in [9.17, 15) is 26.4 Å². The van der Waals surface area contributed by atoms with E-state index in [2.05, 4.69) is 8.92 Å². The molecule has 9 heteroatoms. The molecule has 0 fully saturated rings. The predicted molar refractivity (Wildman–Crippen MR) is 76.0 cm³/mol. The number of aryl methyl sites for hydroxylation is 2. The number of rotatable bonds is 7. The molecule has 0 amide bonds. The summed E-state index contributed by atoms with van der Waals surface area (Å²) in [5.74, 6) is -1.16. The molecular formula is C14H17F3O5S. The highest BCUT2D eigenvalue weighted by Crippen LogP contribution is 2.27. The van der Waals surface area contributed by atoms with Crippen molar-refractivity contribution in [2.45, 2.75) is 37.8 Å². The van der Waals surface area contributed by atoms with Crippen molar-refractivity contribution in [1.29, 1.82) is 0 Å². The van der Waals surface area contributed by atoms with Gasteiger partial charge < -0.3 is 4.74 Å². The number of alkyl halides is 3. The Hall–Kier alpha value is -1.61. The molecular weight excluding hydrogens is 337 g/mol. The summed E-state index contributed by atoms with van der Waals surface area (Å²) >= 11 is 0. The summed E-state index contributed by atoms with van der Waals surface area (Å²) < 4.78 is 67.3. The molecule has 1 rings (SSSR count). The summed E-state index contributed by atoms with van der Waals surface area (Å²) in [7, 11) is -4.91. The largest absolute Gasteiger partial charge is 0.523 e. The van der Waals surface area contributed by atoms with E-state index >= 15 is 0 Å². The number of carbonyl (C=O) groups is 1. The number of ether oxygens (including phenoxy) is 1. The van der Waals surface area contributed by atoms with Gasteiger partial charge in [0.25, 0.3) is 0 Å². The summed E-state index contributed by atoms with van der Waals surface area (Å²) in [4.78, 5) is 11.4. The number of halogens is 3. The maximum absolute atomic E-state index is 12.3. The minimum Gasteiger partial charge on any atom is -0.467 e. The molecule has 130 valence electrons. The number of hydrogen-bond acceptors (Lipinski definition) is 5. The SMILES string of the molecule is COC(=O)C(CCCc1cccc(C)c1)OS(=O)(=O)C(F)(F)F. The zero-order valence-electron chi connectivity index (χ0n) is 12.6. The van der Waals surface area contributed by atoms with Crippen LogP contribution in [0.5, 0.6) is 0 Å².